The molecule has 4 rings (SSSR count). The third kappa shape index (κ3) is 11.5. The van der Waals surface area contributed by atoms with Gasteiger partial charge in [-0.3, -0.25) is 4.90 Å². The topological polar surface area (TPSA) is 39.5 Å². The Hall–Kier alpha value is -2.11. The van der Waals surface area contributed by atoms with Crippen molar-refractivity contribution in [3.63, 3.8) is 0 Å². The van der Waals surface area contributed by atoms with Gasteiger partial charge in [-0.25, -0.2) is 4.98 Å². The van der Waals surface area contributed by atoms with Crippen LogP contribution in [-0.4, -0.2) is 41.2 Å². The number of imidazole rings is 1. The minimum Gasteiger partial charge on any atom is -0.492 e. The van der Waals surface area contributed by atoms with E-state index in [0.717, 1.165) is 24.1 Å². The maximum absolute atomic E-state index is 6.37. The summed E-state index contributed by atoms with van der Waals surface area (Å²) >= 11 is 36.3. The third-order valence-corrected chi connectivity index (χ3v) is 7.58. The Labute approximate surface area is 277 Å². The molecule has 1 atom stereocenters. The molecule has 0 bridgehead atoms. The summed E-state index contributed by atoms with van der Waals surface area (Å²) in [4.78, 5) is 6.13. The van der Waals surface area contributed by atoms with Crippen molar-refractivity contribution in [1.29, 1.82) is 0 Å². The van der Waals surface area contributed by atoms with Gasteiger partial charge in [0, 0.05) is 49.6 Å². The van der Waals surface area contributed by atoms with E-state index in [2.05, 4.69) is 15.8 Å². The van der Waals surface area contributed by atoms with Crippen LogP contribution in [0.15, 0.2) is 73.3 Å². The molecular formula is C31H29Cl6N3O2. The molecule has 0 radical (unpaired) electrons. The average Bonchev–Trinajstić information content (AvgIpc) is 3.45. The first-order valence-corrected chi connectivity index (χ1v) is 15.1. The van der Waals surface area contributed by atoms with Crippen molar-refractivity contribution in [2.24, 2.45) is 0 Å². The molecule has 0 spiro atoms. The second kappa shape index (κ2) is 17.9. The number of ether oxygens (including phenoxy) is 2. The molecule has 42 heavy (non-hydrogen) atoms. The Balaban J connectivity index is 0.000000250. The SMILES string of the molecule is C#CCN(C)CCCOc1ccc(Cl)cc1Cl.Clc1ccc(COC(Cn2ccnc2)c2ccc(Cl)cc2Cl)c(Cl)c1. The van der Waals surface area contributed by atoms with Gasteiger partial charge < -0.3 is 14.0 Å². The first kappa shape index (κ1) is 34.4. The normalized spacial score (nSPS) is 11.5. The van der Waals surface area contributed by atoms with Gasteiger partial charge in [-0.15, -0.1) is 6.42 Å². The monoisotopic (exact) mass is 685 g/mol. The number of hydrogen-bond donors (Lipinski definition) is 0. The Morgan fingerprint density at radius 2 is 1.57 bits per heavy atom. The number of rotatable bonds is 12. The molecule has 222 valence electrons. The number of halogens is 6. The lowest BCUT2D eigenvalue weighted by molar-refractivity contribution is 0.0281. The fourth-order valence-electron chi connectivity index (χ4n) is 3.76. The predicted molar refractivity (Wildman–Crippen MR) is 176 cm³/mol. The standard InChI is InChI=1S/C18H14Cl4N2O.C13H15Cl2NO/c19-13-2-1-12(16(21)7-13)10-25-18(9-24-6-5-23-11-24)15-4-3-14(20)8-17(15)22;1-3-7-16(2)8-4-9-17-13-6-5-11(14)10-12(13)15/h1-8,11,18H,9-10H2;1,5-6,10H,4,7-9H2,2H3. The summed E-state index contributed by atoms with van der Waals surface area (Å²) in [6, 6.07) is 15.9. The Morgan fingerprint density at radius 1 is 0.905 bits per heavy atom. The molecule has 0 aliphatic carbocycles. The number of aromatic nitrogens is 2. The quantitative estimate of drug-likeness (QED) is 0.110. The molecule has 1 heterocycles. The molecule has 0 saturated heterocycles. The van der Waals surface area contributed by atoms with Gasteiger partial charge in [-0.1, -0.05) is 87.7 Å². The molecule has 0 fully saturated rings. The average molecular weight is 688 g/mol. The first-order valence-electron chi connectivity index (χ1n) is 12.8. The maximum atomic E-state index is 6.37. The van der Waals surface area contributed by atoms with E-state index in [4.69, 9.17) is 85.5 Å². The fourth-order valence-corrected chi connectivity index (χ4v) is 5.22. The molecular weight excluding hydrogens is 659 g/mol. The molecule has 0 N–H and O–H groups in total. The van der Waals surface area contributed by atoms with Crippen molar-refractivity contribution in [2.75, 3.05) is 26.7 Å². The fraction of sp³-hybridized carbons (Fsp3) is 0.258. The molecule has 0 amide bonds. The minimum atomic E-state index is -0.286. The van der Waals surface area contributed by atoms with E-state index in [-0.39, 0.29) is 6.10 Å². The second-order valence-corrected chi connectivity index (χ2v) is 11.7. The summed E-state index contributed by atoms with van der Waals surface area (Å²) in [5, 5.41) is 3.43. The summed E-state index contributed by atoms with van der Waals surface area (Å²) < 4.78 is 13.6. The van der Waals surface area contributed by atoms with Gasteiger partial charge in [0.15, 0.2) is 0 Å². The highest BCUT2D eigenvalue weighted by Gasteiger charge is 2.17. The molecule has 1 unspecified atom stereocenters. The molecule has 1 aromatic heterocycles. The maximum Gasteiger partial charge on any atom is 0.137 e. The van der Waals surface area contributed by atoms with Gasteiger partial charge in [0.1, 0.15) is 11.9 Å². The van der Waals surface area contributed by atoms with Crippen molar-refractivity contribution in [2.45, 2.75) is 25.7 Å². The predicted octanol–water partition coefficient (Wildman–Crippen LogP) is 9.78. The summed E-state index contributed by atoms with van der Waals surface area (Å²) in [5.41, 5.74) is 1.71. The third-order valence-electron chi connectivity index (χ3n) is 5.90. The smallest absolute Gasteiger partial charge is 0.137 e. The van der Waals surface area contributed by atoms with Crippen LogP contribution in [0, 0.1) is 12.3 Å². The van der Waals surface area contributed by atoms with Gasteiger partial charge in [0.25, 0.3) is 0 Å². The first-order chi connectivity index (χ1) is 20.2. The van der Waals surface area contributed by atoms with Crippen LogP contribution >= 0.6 is 69.6 Å². The van der Waals surface area contributed by atoms with E-state index >= 15 is 0 Å². The van der Waals surface area contributed by atoms with Crippen LogP contribution in [0.2, 0.25) is 30.1 Å². The van der Waals surface area contributed by atoms with Crippen LogP contribution in [-0.2, 0) is 17.9 Å². The molecule has 0 aliphatic heterocycles. The Kier molecular flexibility index (Phi) is 14.6. The molecule has 0 saturated carbocycles. The van der Waals surface area contributed by atoms with Gasteiger partial charge in [-0.05, 0) is 61.5 Å². The summed E-state index contributed by atoms with van der Waals surface area (Å²) in [6.07, 6.45) is 11.1. The second-order valence-electron chi connectivity index (χ2n) is 9.18. The van der Waals surface area contributed by atoms with Crippen LogP contribution in [0.5, 0.6) is 5.75 Å². The summed E-state index contributed by atoms with van der Waals surface area (Å²) in [7, 11) is 1.98. The number of hydrogen-bond acceptors (Lipinski definition) is 4. The Bertz CT molecular complexity index is 1460. The van der Waals surface area contributed by atoms with Crippen molar-refractivity contribution >= 4 is 69.6 Å². The van der Waals surface area contributed by atoms with Crippen molar-refractivity contribution in [3.05, 3.63) is 115 Å². The Morgan fingerprint density at radius 3 is 2.19 bits per heavy atom. The zero-order valence-electron chi connectivity index (χ0n) is 22.8. The van der Waals surface area contributed by atoms with Crippen LogP contribution < -0.4 is 4.74 Å². The van der Waals surface area contributed by atoms with Gasteiger partial charge >= 0.3 is 0 Å². The zero-order valence-corrected chi connectivity index (χ0v) is 27.3. The number of terminal acetylenes is 1. The minimum absolute atomic E-state index is 0.286. The molecule has 0 aliphatic rings. The van der Waals surface area contributed by atoms with E-state index in [9.17, 15) is 0 Å². The van der Waals surface area contributed by atoms with Gasteiger partial charge in [0.05, 0.1) is 37.7 Å². The zero-order chi connectivity index (χ0) is 30.5. The van der Waals surface area contributed by atoms with Crippen molar-refractivity contribution < 1.29 is 9.47 Å². The van der Waals surface area contributed by atoms with Crippen LogP contribution in [0.4, 0.5) is 0 Å². The van der Waals surface area contributed by atoms with E-state index in [0.29, 0.717) is 62.2 Å². The van der Waals surface area contributed by atoms with Crippen molar-refractivity contribution in [1.82, 2.24) is 14.5 Å². The molecule has 11 heteroatoms. The van der Waals surface area contributed by atoms with Crippen LogP contribution in [0.25, 0.3) is 0 Å². The lowest BCUT2D eigenvalue weighted by Crippen LogP contribution is -2.21. The number of benzene rings is 3. The van der Waals surface area contributed by atoms with Crippen LogP contribution in [0.1, 0.15) is 23.7 Å². The highest BCUT2D eigenvalue weighted by atomic mass is 35.5. The van der Waals surface area contributed by atoms with E-state index < -0.39 is 0 Å². The lowest BCUT2D eigenvalue weighted by atomic mass is 10.1. The summed E-state index contributed by atoms with van der Waals surface area (Å²) in [5.74, 6) is 3.25. The lowest BCUT2D eigenvalue weighted by Gasteiger charge is -2.21. The highest BCUT2D eigenvalue weighted by molar-refractivity contribution is 6.36. The van der Waals surface area contributed by atoms with Crippen molar-refractivity contribution in [3.8, 4) is 18.1 Å². The van der Waals surface area contributed by atoms with E-state index in [1.807, 2.05) is 29.9 Å². The molecule has 3 aromatic carbocycles. The van der Waals surface area contributed by atoms with E-state index in [1.54, 1.807) is 55.0 Å². The molecule has 4 aromatic rings. The van der Waals surface area contributed by atoms with Gasteiger partial charge in [0.2, 0.25) is 0 Å². The number of nitrogens with zero attached hydrogens (tertiary/aromatic N) is 3. The largest absolute Gasteiger partial charge is 0.492 e. The van der Waals surface area contributed by atoms with E-state index in [1.165, 1.54) is 0 Å². The molecule has 5 nitrogen and oxygen atoms in total. The highest BCUT2D eigenvalue weighted by Crippen LogP contribution is 2.32. The van der Waals surface area contributed by atoms with Gasteiger partial charge in [-0.2, -0.15) is 0 Å². The van der Waals surface area contributed by atoms with Crippen LogP contribution in [0.3, 0.4) is 0 Å². The summed E-state index contributed by atoms with van der Waals surface area (Å²) in [6.45, 7) is 3.05.